The molecule has 0 radical (unpaired) electrons. The van der Waals surface area contributed by atoms with Gasteiger partial charge in [-0.15, -0.1) is 0 Å². The molecule has 0 heterocycles. The van der Waals surface area contributed by atoms with Crippen LogP contribution in [0, 0.1) is 0 Å². The van der Waals surface area contributed by atoms with E-state index in [1.54, 1.807) is 0 Å². The molecule has 0 fully saturated rings. The van der Waals surface area contributed by atoms with Gasteiger partial charge in [0.05, 0.1) is 106 Å². The molecule has 31 heavy (non-hydrogen) atoms. The molecule has 0 aromatic rings. The normalized spacial score (nSPS) is 7.94. The van der Waals surface area contributed by atoms with E-state index in [2.05, 4.69) is 4.74 Å². The van der Waals surface area contributed by atoms with Gasteiger partial charge in [-0.25, -0.2) is 0 Å². The highest BCUT2D eigenvalue weighted by molar-refractivity contribution is 4.24. The topological polar surface area (TPSA) is 292 Å². The highest BCUT2D eigenvalue weighted by atomic mass is 16.5. The molecule has 0 bridgehead atoms. The van der Waals surface area contributed by atoms with Crippen LogP contribution in [0.3, 0.4) is 0 Å². The Hall–Kier alpha value is -0.600. The number of aliphatic hydroxyl groups is 14. The van der Waals surface area contributed by atoms with Gasteiger partial charge in [0, 0.05) is 0 Å². The van der Waals surface area contributed by atoms with E-state index < -0.39 is 0 Å². The van der Waals surface area contributed by atoms with Crippen LogP contribution < -0.4 is 0 Å². The number of ether oxygens (including phenoxy) is 1. The first kappa shape index (κ1) is 48.0. The van der Waals surface area contributed by atoms with Crippen LogP contribution in [0.1, 0.15) is 0 Å². The molecule has 0 spiro atoms. The summed E-state index contributed by atoms with van der Waals surface area (Å²) in [5, 5.41) is 108. The second-order valence-electron chi connectivity index (χ2n) is 3.74. The SMILES string of the molecule is OCCO.OCCO.OCCO.OCCO.OCCO.OCCO.OCCOCCO. The van der Waals surface area contributed by atoms with E-state index in [-0.39, 0.29) is 92.5 Å². The van der Waals surface area contributed by atoms with Crippen molar-refractivity contribution in [2.24, 2.45) is 0 Å². The molecule has 0 aliphatic heterocycles. The van der Waals surface area contributed by atoms with Gasteiger partial charge in [0.25, 0.3) is 0 Å². The quantitative estimate of drug-likeness (QED) is 0.130. The van der Waals surface area contributed by atoms with E-state index in [0.29, 0.717) is 13.2 Å². The molecule has 0 aliphatic rings. The van der Waals surface area contributed by atoms with Crippen molar-refractivity contribution in [3.05, 3.63) is 0 Å². The van der Waals surface area contributed by atoms with Gasteiger partial charge in [-0.2, -0.15) is 0 Å². The highest BCUT2D eigenvalue weighted by Gasteiger charge is 1.79. The summed E-state index contributed by atoms with van der Waals surface area (Å²) in [6.45, 7) is -0.804. The highest BCUT2D eigenvalue weighted by Crippen LogP contribution is 1.68. The Morgan fingerprint density at radius 1 is 0.226 bits per heavy atom. The molecule has 0 saturated carbocycles. The molecule has 14 N–H and O–H groups in total. The second kappa shape index (κ2) is 88.2. The molecular weight excluding hydrogens is 432 g/mol. The summed E-state index contributed by atoms with van der Waals surface area (Å²) >= 11 is 0. The van der Waals surface area contributed by atoms with Gasteiger partial charge in [0.15, 0.2) is 0 Å². The molecule has 0 unspecified atom stereocenters. The molecule has 15 heteroatoms. The molecule has 15 nitrogen and oxygen atoms in total. The maximum Gasteiger partial charge on any atom is 0.0698 e. The predicted molar refractivity (Wildman–Crippen MR) is 110 cm³/mol. The fourth-order valence-corrected chi connectivity index (χ4v) is 0.231. The summed E-state index contributed by atoms with van der Waals surface area (Å²) in [5.74, 6) is 0. The summed E-state index contributed by atoms with van der Waals surface area (Å²) in [5.41, 5.74) is 0. The first-order valence-corrected chi connectivity index (χ1v) is 9.00. The van der Waals surface area contributed by atoms with Crippen molar-refractivity contribution in [2.75, 3.05) is 106 Å². The van der Waals surface area contributed by atoms with E-state index in [4.69, 9.17) is 71.5 Å². The minimum atomic E-state index is -0.125. The third-order valence-corrected chi connectivity index (χ3v) is 1.07. The van der Waals surface area contributed by atoms with E-state index in [1.165, 1.54) is 0 Å². The molecule has 0 aromatic heterocycles. The van der Waals surface area contributed by atoms with Gasteiger partial charge in [-0.3, -0.25) is 0 Å². The average molecular weight is 479 g/mol. The van der Waals surface area contributed by atoms with E-state index in [9.17, 15) is 0 Å². The number of hydrogen-bond acceptors (Lipinski definition) is 15. The summed E-state index contributed by atoms with van der Waals surface area (Å²) in [7, 11) is 0. The summed E-state index contributed by atoms with van der Waals surface area (Å²) < 4.78 is 4.63. The van der Waals surface area contributed by atoms with E-state index in [1.807, 2.05) is 0 Å². The fraction of sp³-hybridized carbons (Fsp3) is 1.00. The second-order valence-corrected chi connectivity index (χ2v) is 3.74. The molecule has 0 rings (SSSR count). The van der Waals surface area contributed by atoms with Crippen LogP contribution in [0.15, 0.2) is 0 Å². The molecule has 200 valence electrons. The standard InChI is InChI=1S/C4H10O3.6C2H6O2/c5-1-3-7-4-2-6;6*3-1-2-4/h5-6H,1-4H2;6*3-4H,1-2H2. The Balaban J connectivity index is -0.0000000440. The largest absolute Gasteiger partial charge is 0.394 e. The van der Waals surface area contributed by atoms with Gasteiger partial charge in [0.1, 0.15) is 0 Å². The van der Waals surface area contributed by atoms with Crippen LogP contribution in [0.25, 0.3) is 0 Å². The van der Waals surface area contributed by atoms with E-state index in [0.717, 1.165) is 0 Å². The van der Waals surface area contributed by atoms with Crippen LogP contribution in [-0.2, 0) is 4.74 Å². The first-order chi connectivity index (χ1) is 14.9. The average Bonchev–Trinajstić information content (AvgIpc) is 2.85. The lowest BCUT2D eigenvalue weighted by atomic mass is 10.7. The maximum absolute atomic E-state index is 8.09. The third kappa shape index (κ3) is 250. The monoisotopic (exact) mass is 478 g/mol. The first-order valence-electron chi connectivity index (χ1n) is 9.00. The van der Waals surface area contributed by atoms with Gasteiger partial charge < -0.3 is 76.2 Å². The van der Waals surface area contributed by atoms with Crippen LogP contribution in [0.4, 0.5) is 0 Å². The Morgan fingerprint density at radius 2 is 0.355 bits per heavy atom. The van der Waals surface area contributed by atoms with Crippen molar-refractivity contribution in [1.29, 1.82) is 0 Å². The summed E-state index contributed by atoms with van der Waals surface area (Å²) in [4.78, 5) is 0. The molecule has 0 atom stereocenters. The lowest BCUT2D eigenvalue weighted by molar-refractivity contribution is 0.0650. The van der Waals surface area contributed by atoms with Crippen LogP contribution in [-0.4, -0.2) is 177 Å². The predicted octanol–water partition coefficient (Wildman–Crippen LogP) is -7.19. The Labute approximate surface area is 182 Å². The number of rotatable bonds is 10. The zero-order valence-electron chi connectivity index (χ0n) is 18.0. The zero-order chi connectivity index (χ0) is 26.0. The fourth-order valence-electron chi connectivity index (χ4n) is 0.231. The van der Waals surface area contributed by atoms with Crippen molar-refractivity contribution in [3.63, 3.8) is 0 Å². The molecule has 0 amide bonds. The van der Waals surface area contributed by atoms with Crippen LogP contribution in [0.2, 0.25) is 0 Å². The minimum Gasteiger partial charge on any atom is -0.394 e. The van der Waals surface area contributed by atoms with Crippen molar-refractivity contribution in [3.8, 4) is 0 Å². The molecule has 0 aromatic carbocycles. The Kier molecular flexibility index (Phi) is 136. The van der Waals surface area contributed by atoms with Gasteiger partial charge in [0.2, 0.25) is 0 Å². The summed E-state index contributed by atoms with van der Waals surface area (Å²) in [6, 6.07) is 0. The molecule has 0 aliphatic carbocycles. The third-order valence-electron chi connectivity index (χ3n) is 1.07. The summed E-state index contributed by atoms with van der Waals surface area (Å²) in [6.07, 6.45) is 0. The molecular formula is C16H46O15. The minimum absolute atomic E-state index is 0.0278. The van der Waals surface area contributed by atoms with E-state index >= 15 is 0 Å². The molecule has 0 saturated heterocycles. The van der Waals surface area contributed by atoms with Gasteiger partial charge >= 0.3 is 0 Å². The Bertz CT molecular complexity index is 123. The van der Waals surface area contributed by atoms with Crippen LogP contribution in [0.5, 0.6) is 0 Å². The van der Waals surface area contributed by atoms with Crippen molar-refractivity contribution in [1.82, 2.24) is 0 Å². The zero-order valence-corrected chi connectivity index (χ0v) is 18.0. The van der Waals surface area contributed by atoms with Crippen molar-refractivity contribution < 1.29 is 76.2 Å². The number of hydrogen-bond donors (Lipinski definition) is 14. The van der Waals surface area contributed by atoms with Crippen molar-refractivity contribution >= 4 is 0 Å². The lowest BCUT2D eigenvalue weighted by Gasteiger charge is -1.94. The van der Waals surface area contributed by atoms with Crippen molar-refractivity contribution in [2.45, 2.75) is 0 Å². The van der Waals surface area contributed by atoms with Crippen LogP contribution >= 0.6 is 0 Å². The van der Waals surface area contributed by atoms with Gasteiger partial charge in [-0.1, -0.05) is 0 Å². The maximum atomic E-state index is 8.09. The Morgan fingerprint density at radius 3 is 0.419 bits per heavy atom. The lowest BCUT2D eigenvalue weighted by Crippen LogP contribution is -2.03. The number of aliphatic hydroxyl groups excluding tert-OH is 14. The smallest absolute Gasteiger partial charge is 0.0698 e. The van der Waals surface area contributed by atoms with Gasteiger partial charge in [-0.05, 0) is 0 Å².